The molecule has 1 atom stereocenters. The van der Waals surface area contributed by atoms with Gasteiger partial charge < -0.3 is 14.3 Å². The van der Waals surface area contributed by atoms with Crippen LogP contribution in [0.4, 0.5) is 0 Å². The number of hydrogen-bond donors (Lipinski definition) is 1. The topological polar surface area (TPSA) is 59.7 Å². The number of fused-ring (bicyclic) bond motifs is 1. The zero-order valence-electron chi connectivity index (χ0n) is 12.2. The zero-order valence-corrected chi connectivity index (χ0v) is 12.2. The van der Waals surface area contributed by atoms with Gasteiger partial charge in [0.2, 0.25) is 0 Å². The van der Waals surface area contributed by atoms with Gasteiger partial charge in [-0.3, -0.25) is 0 Å². The third-order valence-corrected chi connectivity index (χ3v) is 3.65. The van der Waals surface area contributed by atoms with Gasteiger partial charge in [0, 0.05) is 23.4 Å². The van der Waals surface area contributed by atoms with Crippen molar-refractivity contribution in [3.63, 3.8) is 0 Å². The predicted molar refractivity (Wildman–Crippen MR) is 84.1 cm³/mol. The van der Waals surface area contributed by atoms with Crippen LogP contribution >= 0.6 is 0 Å². The molecule has 0 bridgehead atoms. The molecule has 4 nitrogen and oxygen atoms in total. The Kier molecular flexibility index (Phi) is 3.94. The number of hydrogen-bond acceptors (Lipinski definition) is 4. The van der Waals surface area contributed by atoms with Crippen LogP contribution in [0.5, 0.6) is 5.75 Å². The van der Waals surface area contributed by atoms with Gasteiger partial charge in [-0.15, -0.1) is 0 Å². The van der Waals surface area contributed by atoms with Crippen LogP contribution in [0, 0.1) is 0 Å². The van der Waals surface area contributed by atoms with Crippen molar-refractivity contribution in [3.05, 3.63) is 76.1 Å². The van der Waals surface area contributed by atoms with Gasteiger partial charge in [0.15, 0.2) is 0 Å². The lowest BCUT2D eigenvalue weighted by atomic mass is 9.99. The van der Waals surface area contributed by atoms with E-state index in [1.165, 1.54) is 6.07 Å². The van der Waals surface area contributed by atoms with Crippen LogP contribution in [0.3, 0.4) is 0 Å². The normalized spacial score (nSPS) is 12.3. The lowest BCUT2D eigenvalue weighted by Gasteiger charge is -2.15. The van der Waals surface area contributed by atoms with Crippen molar-refractivity contribution in [1.82, 2.24) is 0 Å². The number of aliphatic hydroxyl groups is 1. The van der Waals surface area contributed by atoms with E-state index in [9.17, 15) is 9.90 Å². The lowest BCUT2D eigenvalue weighted by molar-refractivity contribution is 0.177. The Labute approximate surface area is 127 Å². The summed E-state index contributed by atoms with van der Waals surface area (Å²) in [4.78, 5) is 11.5. The minimum Gasteiger partial charge on any atom is -0.496 e. The van der Waals surface area contributed by atoms with E-state index in [0.717, 1.165) is 10.9 Å². The molecular formula is C18H16O4. The number of ether oxygens (including phenoxy) is 1. The van der Waals surface area contributed by atoms with Crippen molar-refractivity contribution >= 4 is 11.0 Å². The minimum atomic E-state index is -0.703. The Hall–Kier alpha value is -2.59. The molecule has 1 unspecified atom stereocenters. The highest BCUT2D eigenvalue weighted by Gasteiger charge is 2.16. The van der Waals surface area contributed by atoms with Gasteiger partial charge in [0.05, 0.1) is 13.2 Å². The van der Waals surface area contributed by atoms with Crippen molar-refractivity contribution < 1.29 is 14.3 Å². The van der Waals surface area contributed by atoms with Crippen LogP contribution in [-0.2, 0) is 6.42 Å². The van der Waals surface area contributed by atoms with E-state index in [1.807, 2.05) is 42.5 Å². The number of aliphatic hydroxyl groups excluding tert-OH is 1. The second-order valence-electron chi connectivity index (χ2n) is 5.05. The molecule has 112 valence electrons. The molecule has 1 N–H and O–H groups in total. The molecule has 0 fully saturated rings. The van der Waals surface area contributed by atoms with Gasteiger partial charge in [0.25, 0.3) is 0 Å². The summed E-state index contributed by atoms with van der Waals surface area (Å²) in [6.07, 6.45) is -0.400. The molecule has 0 aliphatic heterocycles. The van der Waals surface area contributed by atoms with E-state index < -0.39 is 11.7 Å². The van der Waals surface area contributed by atoms with E-state index in [2.05, 4.69) is 0 Å². The Balaban J connectivity index is 2.08. The lowest BCUT2D eigenvalue weighted by Crippen LogP contribution is -2.05. The molecule has 0 aliphatic rings. The van der Waals surface area contributed by atoms with Gasteiger partial charge in [-0.1, -0.05) is 30.3 Å². The highest BCUT2D eigenvalue weighted by molar-refractivity contribution is 5.82. The summed E-state index contributed by atoms with van der Waals surface area (Å²) in [5.41, 5.74) is 1.53. The summed E-state index contributed by atoms with van der Waals surface area (Å²) in [6.45, 7) is 0. The minimum absolute atomic E-state index is 0.303. The first-order chi connectivity index (χ1) is 10.7. The maximum Gasteiger partial charge on any atom is 0.336 e. The molecular weight excluding hydrogens is 280 g/mol. The fraction of sp³-hybridized carbons (Fsp3) is 0.167. The maximum atomic E-state index is 11.5. The number of benzene rings is 2. The molecule has 1 aromatic heterocycles. The molecule has 22 heavy (non-hydrogen) atoms. The average molecular weight is 296 g/mol. The van der Waals surface area contributed by atoms with Gasteiger partial charge >= 0.3 is 5.63 Å². The standard InChI is InChI=1S/C18H16O4/c1-21-16-9-7-13-8-10-17(20)22-18(13)14(16)11-15(19)12-5-3-2-4-6-12/h2-10,15,19H,11H2,1H3. The second kappa shape index (κ2) is 6.03. The molecule has 0 amide bonds. The Morgan fingerprint density at radius 3 is 2.55 bits per heavy atom. The van der Waals surface area contributed by atoms with Crippen LogP contribution in [-0.4, -0.2) is 12.2 Å². The zero-order chi connectivity index (χ0) is 15.5. The first-order valence-corrected chi connectivity index (χ1v) is 7.02. The number of rotatable bonds is 4. The molecule has 2 aromatic carbocycles. The third-order valence-electron chi connectivity index (χ3n) is 3.65. The van der Waals surface area contributed by atoms with E-state index in [0.29, 0.717) is 23.3 Å². The average Bonchev–Trinajstić information content (AvgIpc) is 2.56. The van der Waals surface area contributed by atoms with E-state index >= 15 is 0 Å². The summed E-state index contributed by atoms with van der Waals surface area (Å²) in [5, 5.41) is 11.2. The highest BCUT2D eigenvalue weighted by Crippen LogP contribution is 2.31. The van der Waals surface area contributed by atoms with Crippen molar-refractivity contribution in [3.8, 4) is 5.75 Å². The van der Waals surface area contributed by atoms with E-state index in [-0.39, 0.29) is 0 Å². The van der Waals surface area contributed by atoms with Crippen LogP contribution < -0.4 is 10.4 Å². The smallest absolute Gasteiger partial charge is 0.336 e. The molecule has 0 aliphatic carbocycles. The molecule has 3 aromatic rings. The molecule has 0 saturated carbocycles. The monoisotopic (exact) mass is 296 g/mol. The molecule has 3 rings (SSSR count). The highest BCUT2D eigenvalue weighted by atomic mass is 16.5. The van der Waals surface area contributed by atoms with Crippen LogP contribution in [0.15, 0.2) is 63.8 Å². The van der Waals surface area contributed by atoms with Crippen molar-refractivity contribution in [2.45, 2.75) is 12.5 Å². The Morgan fingerprint density at radius 1 is 1.09 bits per heavy atom. The second-order valence-corrected chi connectivity index (χ2v) is 5.05. The van der Waals surface area contributed by atoms with Crippen molar-refractivity contribution in [2.75, 3.05) is 7.11 Å². The fourth-order valence-corrected chi connectivity index (χ4v) is 2.54. The predicted octanol–water partition coefficient (Wildman–Crippen LogP) is 3.08. The molecule has 0 radical (unpaired) electrons. The number of methoxy groups -OCH3 is 1. The molecule has 4 heteroatoms. The summed E-state index contributed by atoms with van der Waals surface area (Å²) >= 11 is 0. The summed E-state index contributed by atoms with van der Waals surface area (Å²) in [5.74, 6) is 0.594. The van der Waals surface area contributed by atoms with Crippen LogP contribution in [0.25, 0.3) is 11.0 Å². The van der Waals surface area contributed by atoms with Crippen molar-refractivity contribution in [1.29, 1.82) is 0 Å². The summed E-state index contributed by atoms with van der Waals surface area (Å²) < 4.78 is 10.7. The van der Waals surface area contributed by atoms with Crippen LogP contribution in [0.2, 0.25) is 0 Å². The maximum absolute atomic E-state index is 11.5. The summed E-state index contributed by atoms with van der Waals surface area (Å²) in [6, 6.07) is 16.1. The van der Waals surface area contributed by atoms with Crippen LogP contribution in [0.1, 0.15) is 17.2 Å². The van der Waals surface area contributed by atoms with Gasteiger partial charge in [-0.2, -0.15) is 0 Å². The molecule has 0 saturated heterocycles. The van der Waals surface area contributed by atoms with E-state index in [1.54, 1.807) is 13.2 Å². The third kappa shape index (κ3) is 2.73. The quantitative estimate of drug-likeness (QED) is 0.752. The van der Waals surface area contributed by atoms with Gasteiger partial charge in [-0.05, 0) is 23.8 Å². The molecule has 1 heterocycles. The first-order valence-electron chi connectivity index (χ1n) is 7.02. The molecule has 0 spiro atoms. The Morgan fingerprint density at radius 2 is 1.82 bits per heavy atom. The first kappa shape index (κ1) is 14.4. The fourth-order valence-electron chi connectivity index (χ4n) is 2.54. The van der Waals surface area contributed by atoms with Gasteiger partial charge in [-0.25, -0.2) is 4.79 Å². The largest absolute Gasteiger partial charge is 0.496 e. The Bertz CT molecular complexity index is 837. The van der Waals surface area contributed by atoms with Gasteiger partial charge in [0.1, 0.15) is 11.3 Å². The van der Waals surface area contributed by atoms with Crippen molar-refractivity contribution in [2.24, 2.45) is 0 Å². The summed E-state index contributed by atoms with van der Waals surface area (Å²) in [7, 11) is 1.56. The van der Waals surface area contributed by atoms with E-state index in [4.69, 9.17) is 9.15 Å². The SMILES string of the molecule is COc1ccc2ccc(=O)oc2c1CC(O)c1ccccc1.